The van der Waals surface area contributed by atoms with Crippen molar-refractivity contribution in [3.8, 4) is 11.1 Å². The quantitative estimate of drug-likeness (QED) is 0.720. The van der Waals surface area contributed by atoms with Gasteiger partial charge in [-0.15, -0.1) is 0 Å². The van der Waals surface area contributed by atoms with E-state index in [-0.39, 0.29) is 0 Å². The van der Waals surface area contributed by atoms with Gasteiger partial charge in [0.1, 0.15) is 5.65 Å². The number of fused-ring (bicyclic) bond motifs is 1. The molecule has 0 radical (unpaired) electrons. The van der Waals surface area contributed by atoms with Crippen molar-refractivity contribution < 1.29 is 8.42 Å². The van der Waals surface area contributed by atoms with Crippen molar-refractivity contribution in [1.82, 2.24) is 14.3 Å². The Bertz CT molecular complexity index is 929. The number of aromatic nitrogens is 2. The summed E-state index contributed by atoms with van der Waals surface area (Å²) < 4.78 is 28.5. The molecule has 0 amide bonds. The normalized spacial score (nSPS) is 12.0. The number of nitrogens with zero attached hydrogens (tertiary/aromatic N) is 2. The molecule has 1 aromatic carbocycles. The molecule has 2 N–H and O–H groups in total. The number of aromatic amines is 1. The number of hydrogen-bond acceptors (Lipinski definition) is 3. The Morgan fingerprint density at radius 3 is 2.46 bits per heavy atom. The van der Waals surface area contributed by atoms with Crippen LogP contribution in [0.4, 0.5) is 5.69 Å². The molecule has 0 saturated heterocycles. The summed E-state index contributed by atoms with van der Waals surface area (Å²) in [5, 5.41) is 1.04. The lowest BCUT2D eigenvalue weighted by Gasteiger charge is -2.19. The van der Waals surface area contributed by atoms with Crippen molar-refractivity contribution >= 4 is 26.9 Å². The molecule has 2 aromatic heterocycles. The fourth-order valence-electron chi connectivity index (χ4n) is 2.71. The maximum atomic E-state index is 12.3. The maximum absolute atomic E-state index is 12.3. The zero-order chi connectivity index (χ0) is 17.2. The van der Waals surface area contributed by atoms with Crippen LogP contribution in [0, 0.1) is 0 Å². The first-order valence-electron chi connectivity index (χ1n) is 7.85. The average molecular weight is 344 g/mol. The van der Waals surface area contributed by atoms with Gasteiger partial charge in [-0.05, 0) is 35.4 Å². The summed E-state index contributed by atoms with van der Waals surface area (Å²) in [7, 11) is -3.51. The molecule has 3 rings (SSSR count). The number of nitrogens with one attached hydrogen (secondary N) is 2. The Hall–Kier alpha value is -2.38. The lowest BCUT2D eigenvalue weighted by Crippen LogP contribution is -2.35. The van der Waals surface area contributed by atoms with Gasteiger partial charge < -0.3 is 4.98 Å². The molecule has 0 aliphatic heterocycles. The molecule has 6 nitrogen and oxygen atoms in total. The third-order valence-corrected chi connectivity index (χ3v) is 5.64. The first-order chi connectivity index (χ1) is 11.5. The van der Waals surface area contributed by atoms with Gasteiger partial charge in [0.15, 0.2) is 0 Å². The van der Waals surface area contributed by atoms with Crippen LogP contribution in [0.25, 0.3) is 22.2 Å². The zero-order valence-electron chi connectivity index (χ0n) is 13.7. The van der Waals surface area contributed by atoms with E-state index in [9.17, 15) is 8.42 Å². The summed E-state index contributed by atoms with van der Waals surface area (Å²) >= 11 is 0. The molecule has 7 heteroatoms. The smallest absolute Gasteiger partial charge is 0.301 e. The SMILES string of the molecule is CCN(CC)S(=O)(=O)Nc1ccc(-c2ccnc3[nH]ccc23)cc1. The van der Waals surface area contributed by atoms with E-state index in [1.165, 1.54) is 4.31 Å². The van der Waals surface area contributed by atoms with Crippen molar-refractivity contribution in [3.05, 3.63) is 48.8 Å². The Kier molecular flexibility index (Phi) is 4.55. The molecule has 0 bridgehead atoms. The van der Waals surface area contributed by atoms with Gasteiger partial charge in [-0.1, -0.05) is 26.0 Å². The van der Waals surface area contributed by atoms with Crippen molar-refractivity contribution in [1.29, 1.82) is 0 Å². The molecule has 0 aliphatic carbocycles. The largest absolute Gasteiger partial charge is 0.346 e. The van der Waals surface area contributed by atoms with Crippen LogP contribution in [0.1, 0.15) is 13.8 Å². The minimum atomic E-state index is -3.51. The standard InChI is InChI=1S/C17H20N4O2S/c1-3-21(4-2)24(22,23)20-14-7-5-13(6-8-14)15-9-11-18-17-16(15)10-12-19-17/h5-12,20H,3-4H2,1-2H3,(H,18,19). The number of pyridine rings is 1. The van der Waals surface area contributed by atoms with Gasteiger partial charge in [-0.25, -0.2) is 4.98 Å². The van der Waals surface area contributed by atoms with Gasteiger partial charge in [-0.2, -0.15) is 12.7 Å². The topological polar surface area (TPSA) is 78.1 Å². The summed E-state index contributed by atoms with van der Waals surface area (Å²) in [5.41, 5.74) is 3.44. The monoisotopic (exact) mass is 344 g/mol. The van der Waals surface area contributed by atoms with E-state index in [2.05, 4.69) is 14.7 Å². The van der Waals surface area contributed by atoms with E-state index in [1.807, 2.05) is 44.3 Å². The molecule has 3 aromatic rings. The van der Waals surface area contributed by atoms with Gasteiger partial charge in [0.2, 0.25) is 0 Å². The van der Waals surface area contributed by atoms with E-state index >= 15 is 0 Å². The minimum Gasteiger partial charge on any atom is -0.346 e. The number of H-pyrrole nitrogens is 1. The summed E-state index contributed by atoms with van der Waals surface area (Å²) in [6, 6.07) is 11.3. The molecule has 0 aliphatic rings. The van der Waals surface area contributed by atoms with E-state index in [0.717, 1.165) is 22.2 Å². The van der Waals surface area contributed by atoms with E-state index in [4.69, 9.17) is 0 Å². The van der Waals surface area contributed by atoms with Crippen molar-refractivity contribution in [2.24, 2.45) is 0 Å². The number of anilines is 1. The Balaban J connectivity index is 1.88. The maximum Gasteiger partial charge on any atom is 0.301 e. The first-order valence-corrected chi connectivity index (χ1v) is 9.29. The highest BCUT2D eigenvalue weighted by molar-refractivity contribution is 7.90. The lowest BCUT2D eigenvalue weighted by atomic mass is 10.0. The lowest BCUT2D eigenvalue weighted by molar-refractivity contribution is 0.449. The molecule has 0 spiro atoms. The third kappa shape index (κ3) is 3.13. The molecular formula is C17H20N4O2S. The summed E-state index contributed by atoms with van der Waals surface area (Å²) in [6.45, 7) is 4.51. The fraction of sp³-hybridized carbons (Fsp3) is 0.235. The predicted molar refractivity (Wildman–Crippen MR) is 97.0 cm³/mol. The molecule has 24 heavy (non-hydrogen) atoms. The Morgan fingerprint density at radius 1 is 1.08 bits per heavy atom. The fourth-order valence-corrected chi connectivity index (χ4v) is 3.95. The molecule has 0 saturated carbocycles. The Morgan fingerprint density at radius 2 is 1.79 bits per heavy atom. The first kappa shape index (κ1) is 16.5. The van der Waals surface area contributed by atoms with Gasteiger partial charge in [0.25, 0.3) is 0 Å². The number of hydrogen-bond donors (Lipinski definition) is 2. The van der Waals surface area contributed by atoms with Crippen molar-refractivity contribution in [3.63, 3.8) is 0 Å². The third-order valence-electron chi connectivity index (χ3n) is 3.95. The van der Waals surface area contributed by atoms with Crippen LogP contribution in [0.3, 0.4) is 0 Å². The van der Waals surface area contributed by atoms with Crippen molar-refractivity contribution in [2.75, 3.05) is 17.8 Å². The summed E-state index contributed by atoms with van der Waals surface area (Å²) in [5.74, 6) is 0. The van der Waals surface area contributed by atoms with Crippen LogP contribution in [0.2, 0.25) is 0 Å². The molecule has 0 fully saturated rings. The van der Waals surface area contributed by atoms with Crippen molar-refractivity contribution in [2.45, 2.75) is 13.8 Å². The highest BCUT2D eigenvalue weighted by Gasteiger charge is 2.18. The molecule has 0 atom stereocenters. The highest BCUT2D eigenvalue weighted by atomic mass is 32.2. The second-order valence-electron chi connectivity index (χ2n) is 5.37. The van der Waals surface area contributed by atoms with E-state index < -0.39 is 10.2 Å². The van der Waals surface area contributed by atoms with Crippen LogP contribution in [0.15, 0.2) is 48.8 Å². The Labute approximate surface area is 141 Å². The minimum absolute atomic E-state index is 0.437. The summed E-state index contributed by atoms with van der Waals surface area (Å²) in [4.78, 5) is 7.37. The van der Waals surface area contributed by atoms with E-state index in [1.54, 1.807) is 18.3 Å². The summed E-state index contributed by atoms with van der Waals surface area (Å²) in [6.07, 6.45) is 3.61. The van der Waals surface area contributed by atoms with Crippen LogP contribution >= 0.6 is 0 Å². The van der Waals surface area contributed by atoms with Crippen LogP contribution in [0.5, 0.6) is 0 Å². The van der Waals surface area contributed by atoms with Gasteiger partial charge in [0, 0.05) is 36.6 Å². The molecule has 2 heterocycles. The van der Waals surface area contributed by atoms with Gasteiger partial charge >= 0.3 is 10.2 Å². The van der Waals surface area contributed by atoms with Gasteiger partial charge in [-0.3, -0.25) is 4.72 Å². The molecule has 126 valence electrons. The second kappa shape index (κ2) is 6.62. The molecule has 0 unspecified atom stereocenters. The van der Waals surface area contributed by atoms with Gasteiger partial charge in [0.05, 0.1) is 0 Å². The number of benzene rings is 1. The predicted octanol–water partition coefficient (Wildman–Crippen LogP) is 3.23. The highest BCUT2D eigenvalue weighted by Crippen LogP contribution is 2.28. The van der Waals surface area contributed by atoms with E-state index in [0.29, 0.717) is 18.8 Å². The zero-order valence-corrected chi connectivity index (χ0v) is 14.5. The van der Waals surface area contributed by atoms with Crippen LogP contribution < -0.4 is 4.72 Å². The second-order valence-corrected chi connectivity index (χ2v) is 7.04. The number of rotatable bonds is 6. The molecular weight excluding hydrogens is 324 g/mol. The van der Waals surface area contributed by atoms with Crippen LogP contribution in [-0.2, 0) is 10.2 Å². The van der Waals surface area contributed by atoms with Crippen LogP contribution in [-0.4, -0.2) is 35.8 Å². The average Bonchev–Trinajstić information content (AvgIpc) is 3.04.